The maximum absolute atomic E-state index is 11.5. The Morgan fingerprint density at radius 3 is 2.90 bits per heavy atom. The van der Waals surface area contributed by atoms with Gasteiger partial charge in [0.1, 0.15) is 5.75 Å². The zero-order chi connectivity index (χ0) is 14.7. The highest BCUT2D eigenvalue weighted by Gasteiger charge is 2.23. The van der Waals surface area contributed by atoms with Crippen molar-refractivity contribution in [3.8, 4) is 5.75 Å². The lowest BCUT2D eigenvalue weighted by atomic mass is 10.1. The summed E-state index contributed by atoms with van der Waals surface area (Å²) >= 11 is 0. The molecule has 0 radical (unpaired) electrons. The van der Waals surface area contributed by atoms with Crippen LogP contribution in [0, 0.1) is 0 Å². The molecule has 0 saturated heterocycles. The normalized spacial score (nSPS) is 17.0. The van der Waals surface area contributed by atoms with E-state index >= 15 is 0 Å². The topological polar surface area (TPSA) is 79.5 Å². The third-order valence-electron chi connectivity index (χ3n) is 2.85. The molecule has 1 aromatic rings. The Bertz CT molecular complexity index is 528. The van der Waals surface area contributed by atoms with E-state index in [2.05, 4.69) is 16.0 Å². The Kier molecular flexibility index (Phi) is 4.12. The Morgan fingerprint density at radius 1 is 1.45 bits per heavy atom. The lowest BCUT2D eigenvalue weighted by Crippen LogP contribution is -2.39. The highest BCUT2D eigenvalue weighted by Crippen LogP contribution is 2.30. The summed E-state index contributed by atoms with van der Waals surface area (Å²) in [6.07, 6.45) is -0.483. The predicted molar refractivity (Wildman–Crippen MR) is 75.7 cm³/mol. The summed E-state index contributed by atoms with van der Waals surface area (Å²) in [5.74, 6) is 0.479. The predicted octanol–water partition coefficient (Wildman–Crippen LogP) is 1.61. The Balaban J connectivity index is 1.99. The average molecular weight is 277 g/mol. The third kappa shape index (κ3) is 3.40. The Hall–Kier alpha value is -2.24. The molecule has 3 N–H and O–H groups in total. The number of nitrogens with one attached hydrogen (secondary N) is 3. The van der Waals surface area contributed by atoms with Crippen LogP contribution in [0.2, 0.25) is 0 Å². The molecule has 1 atom stereocenters. The zero-order valence-corrected chi connectivity index (χ0v) is 11.8. The first-order chi connectivity index (χ1) is 9.45. The summed E-state index contributed by atoms with van der Waals surface area (Å²) < 4.78 is 5.47. The molecule has 0 fully saturated rings. The van der Waals surface area contributed by atoms with Gasteiger partial charge in [-0.25, -0.2) is 4.79 Å². The number of fused-ring (bicyclic) bond motifs is 1. The fraction of sp³-hybridized carbons (Fsp3) is 0.429. The van der Waals surface area contributed by atoms with Crippen molar-refractivity contribution in [3.63, 3.8) is 0 Å². The van der Waals surface area contributed by atoms with Crippen molar-refractivity contribution in [2.75, 3.05) is 5.32 Å². The van der Waals surface area contributed by atoms with E-state index in [4.69, 9.17) is 4.74 Å². The van der Waals surface area contributed by atoms with Crippen LogP contribution in [0.25, 0.3) is 0 Å². The Labute approximate surface area is 117 Å². The van der Waals surface area contributed by atoms with E-state index < -0.39 is 6.10 Å². The van der Waals surface area contributed by atoms with Gasteiger partial charge in [0.15, 0.2) is 6.10 Å². The minimum absolute atomic E-state index is 0.0905. The maximum atomic E-state index is 11.5. The number of hydrogen-bond donors (Lipinski definition) is 3. The van der Waals surface area contributed by atoms with Gasteiger partial charge in [0.25, 0.3) is 5.91 Å². The van der Waals surface area contributed by atoms with Crippen molar-refractivity contribution in [2.24, 2.45) is 0 Å². The quantitative estimate of drug-likeness (QED) is 0.785. The van der Waals surface area contributed by atoms with Gasteiger partial charge in [0, 0.05) is 12.6 Å². The first-order valence-corrected chi connectivity index (χ1v) is 6.60. The van der Waals surface area contributed by atoms with Gasteiger partial charge in [-0.2, -0.15) is 0 Å². The van der Waals surface area contributed by atoms with E-state index in [0.29, 0.717) is 18.0 Å². The van der Waals surface area contributed by atoms with Gasteiger partial charge in [0.05, 0.1) is 5.69 Å². The molecule has 6 heteroatoms. The van der Waals surface area contributed by atoms with Crippen LogP contribution in [0.3, 0.4) is 0 Å². The van der Waals surface area contributed by atoms with Crippen molar-refractivity contribution in [1.82, 2.24) is 10.6 Å². The third-order valence-corrected chi connectivity index (χ3v) is 2.85. The first-order valence-electron chi connectivity index (χ1n) is 6.60. The van der Waals surface area contributed by atoms with Crippen LogP contribution in [0.5, 0.6) is 5.75 Å². The van der Waals surface area contributed by atoms with Crippen molar-refractivity contribution in [3.05, 3.63) is 23.8 Å². The summed E-state index contributed by atoms with van der Waals surface area (Å²) in [6, 6.07) is 5.33. The van der Waals surface area contributed by atoms with Crippen molar-refractivity contribution in [2.45, 2.75) is 39.5 Å². The second-order valence-corrected chi connectivity index (χ2v) is 5.06. The Morgan fingerprint density at radius 2 is 2.20 bits per heavy atom. The minimum Gasteiger partial charge on any atom is -0.479 e. The van der Waals surface area contributed by atoms with Gasteiger partial charge in [-0.1, -0.05) is 6.07 Å². The molecule has 1 aromatic carbocycles. The van der Waals surface area contributed by atoms with Crippen LogP contribution in [-0.4, -0.2) is 24.1 Å². The summed E-state index contributed by atoms with van der Waals surface area (Å²) in [5.41, 5.74) is 1.53. The van der Waals surface area contributed by atoms with Gasteiger partial charge in [-0.05, 0) is 38.5 Å². The highest BCUT2D eigenvalue weighted by molar-refractivity contribution is 5.97. The van der Waals surface area contributed by atoms with E-state index in [-0.39, 0.29) is 18.0 Å². The number of amides is 3. The lowest BCUT2D eigenvalue weighted by molar-refractivity contribution is -0.122. The minimum atomic E-state index is -0.483. The monoisotopic (exact) mass is 277 g/mol. The van der Waals surface area contributed by atoms with Crippen LogP contribution in [0.15, 0.2) is 18.2 Å². The number of rotatable bonds is 3. The van der Waals surface area contributed by atoms with Crippen LogP contribution in [-0.2, 0) is 11.3 Å². The molecule has 1 heterocycles. The average Bonchev–Trinajstić information content (AvgIpc) is 2.37. The van der Waals surface area contributed by atoms with Gasteiger partial charge in [0.2, 0.25) is 0 Å². The van der Waals surface area contributed by atoms with Crippen LogP contribution < -0.4 is 20.7 Å². The van der Waals surface area contributed by atoms with Crippen molar-refractivity contribution >= 4 is 17.6 Å². The molecule has 6 nitrogen and oxygen atoms in total. The van der Waals surface area contributed by atoms with Crippen molar-refractivity contribution in [1.29, 1.82) is 0 Å². The second kappa shape index (κ2) is 5.81. The van der Waals surface area contributed by atoms with Crippen LogP contribution in [0.1, 0.15) is 26.3 Å². The summed E-state index contributed by atoms with van der Waals surface area (Å²) in [4.78, 5) is 23.0. The fourth-order valence-electron chi connectivity index (χ4n) is 1.86. The second-order valence-electron chi connectivity index (χ2n) is 5.06. The molecule has 20 heavy (non-hydrogen) atoms. The summed E-state index contributed by atoms with van der Waals surface area (Å²) in [6.45, 7) is 5.88. The molecule has 108 valence electrons. The van der Waals surface area contributed by atoms with Crippen LogP contribution in [0.4, 0.5) is 10.5 Å². The molecule has 2 rings (SSSR count). The van der Waals surface area contributed by atoms with E-state index in [1.807, 2.05) is 19.9 Å². The number of carbonyl (C=O) groups excluding carboxylic acids is 2. The molecule has 0 spiro atoms. The standard InChI is InChI=1S/C14H19N3O3/c1-8(2)16-14(19)15-7-10-4-5-12-11(6-10)17-13(18)9(3)20-12/h4-6,8-9H,7H2,1-3H3,(H,17,18)(H2,15,16,19). The van der Waals surface area contributed by atoms with Gasteiger partial charge < -0.3 is 20.7 Å². The van der Waals surface area contributed by atoms with E-state index in [1.165, 1.54) is 0 Å². The van der Waals surface area contributed by atoms with Gasteiger partial charge in [-0.3, -0.25) is 4.79 Å². The van der Waals surface area contributed by atoms with E-state index in [1.54, 1.807) is 19.1 Å². The molecule has 0 bridgehead atoms. The summed E-state index contributed by atoms with van der Waals surface area (Å²) in [7, 11) is 0. The number of hydrogen-bond acceptors (Lipinski definition) is 3. The number of carbonyl (C=O) groups is 2. The first kappa shape index (κ1) is 14.2. The van der Waals surface area contributed by atoms with Crippen molar-refractivity contribution < 1.29 is 14.3 Å². The molecular weight excluding hydrogens is 258 g/mol. The zero-order valence-electron chi connectivity index (χ0n) is 11.8. The number of urea groups is 1. The molecule has 1 unspecified atom stereocenters. The number of benzene rings is 1. The molecule has 1 aliphatic heterocycles. The molecule has 3 amide bonds. The van der Waals surface area contributed by atoms with Gasteiger partial charge in [-0.15, -0.1) is 0 Å². The number of anilines is 1. The molecular formula is C14H19N3O3. The largest absolute Gasteiger partial charge is 0.479 e. The molecule has 0 aliphatic carbocycles. The molecule has 1 aliphatic rings. The molecule has 0 aromatic heterocycles. The summed E-state index contributed by atoms with van der Waals surface area (Å²) in [5, 5.41) is 8.27. The fourth-order valence-corrected chi connectivity index (χ4v) is 1.86. The number of ether oxygens (including phenoxy) is 1. The van der Waals surface area contributed by atoms with E-state index in [0.717, 1.165) is 5.56 Å². The van der Waals surface area contributed by atoms with Crippen LogP contribution >= 0.6 is 0 Å². The van der Waals surface area contributed by atoms with E-state index in [9.17, 15) is 9.59 Å². The lowest BCUT2D eigenvalue weighted by Gasteiger charge is -2.23. The molecule has 0 saturated carbocycles. The maximum Gasteiger partial charge on any atom is 0.315 e. The smallest absolute Gasteiger partial charge is 0.315 e. The SMILES string of the molecule is CC(C)NC(=O)NCc1ccc2c(c1)NC(=O)C(C)O2. The van der Waals surface area contributed by atoms with Gasteiger partial charge >= 0.3 is 6.03 Å². The highest BCUT2D eigenvalue weighted by atomic mass is 16.5.